The highest BCUT2D eigenvalue weighted by Gasteiger charge is 2.29. The Bertz CT molecular complexity index is 244. The molecule has 2 aliphatic heterocycles. The number of ether oxygens (including phenoxy) is 1. The number of piperidine rings is 1. The summed E-state index contributed by atoms with van der Waals surface area (Å²) in [4.78, 5) is 13.8. The minimum Gasteiger partial charge on any atom is -0.384 e. The molecule has 0 spiro atoms. The van der Waals surface area contributed by atoms with Crippen LogP contribution in [0.4, 0.5) is 0 Å². The fourth-order valence-corrected chi connectivity index (χ4v) is 3.01. The van der Waals surface area contributed by atoms with Crippen molar-refractivity contribution in [1.29, 1.82) is 0 Å². The molecule has 1 atom stereocenters. The van der Waals surface area contributed by atoms with E-state index in [1.54, 1.807) is 7.11 Å². The van der Waals surface area contributed by atoms with E-state index in [9.17, 15) is 4.79 Å². The van der Waals surface area contributed by atoms with Crippen molar-refractivity contribution in [2.75, 3.05) is 33.4 Å². The molecule has 1 unspecified atom stereocenters. The number of amides is 1. The lowest BCUT2D eigenvalue weighted by Crippen LogP contribution is -2.43. The fourth-order valence-electron chi connectivity index (χ4n) is 3.01. The molecular formula is C13H24N2O2. The van der Waals surface area contributed by atoms with Gasteiger partial charge in [-0.1, -0.05) is 0 Å². The van der Waals surface area contributed by atoms with Crippen molar-refractivity contribution in [2.45, 2.75) is 38.1 Å². The summed E-state index contributed by atoms with van der Waals surface area (Å²) in [6.45, 7) is 3.59. The number of hydrogen-bond donors (Lipinski definition) is 1. The zero-order chi connectivity index (χ0) is 12.1. The second-order valence-electron chi connectivity index (χ2n) is 5.16. The van der Waals surface area contributed by atoms with E-state index < -0.39 is 0 Å². The molecule has 0 saturated carbocycles. The third-order valence-electron chi connectivity index (χ3n) is 4.08. The Morgan fingerprint density at radius 1 is 1.35 bits per heavy atom. The van der Waals surface area contributed by atoms with E-state index in [2.05, 4.69) is 5.32 Å². The van der Waals surface area contributed by atoms with Crippen molar-refractivity contribution in [3.05, 3.63) is 0 Å². The van der Waals surface area contributed by atoms with E-state index in [1.807, 2.05) is 4.90 Å². The number of carbonyl (C=O) groups excluding carboxylic acids is 1. The first-order valence-electron chi connectivity index (χ1n) is 6.81. The van der Waals surface area contributed by atoms with Crippen molar-refractivity contribution >= 4 is 5.91 Å². The van der Waals surface area contributed by atoms with Crippen LogP contribution in [0.25, 0.3) is 0 Å². The summed E-state index contributed by atoms with van der Waals surface area (Å²) in [5.74, 6) is 1.04. The van der Waals surface area contributed by atoms with Crippen LogP contribution in [0.15, 0.2) is 0 Å². The Kier molecular flexibility index (Phi) is 4.80. The molecule has 2 heterocycles. The van der Waals surface area contributed by atoms with E-state index in [4.69, 9.17) is 4.74 Å². The van der Waals surface area contributed by atoms with E-state index in [-0.39, 0.29) is 5.91 Å². The van der Waals surface area contributed by atoms with Gasteiger partial charge in [0.1, 0.15) is 0 Å². The minimum absolute atomic E-state index is 0.254. The molecule has 1 amide bonds. The quantitative estimate of drug-likeness (QED) is 0.797. The van der Waals surface area contributed by atoms with Crippen LogP contribution in [0.2, 0.25) is 0 Å². The summed E-state index contributed by atoms with van der Waals surface area (Å²) in [6, 6.07) is 0.714. The van der Waals surface area contributed by atoms with Crippen LogP contribution < -0.4 is 5.32 Å². The van der Waals surface area contributed by atoms with Crippen molar-refractivity contribution in [3.63, 3.8) is 0 Å². The van der Waals surface area contributed by atoms with Gasteiger partial charge < -0.3 is 15.0 Å². The van der Waals surface area contributed by atoms with Gasteiger partial charge in [-0.25, -0.2) is 0 Å². The summed E-state index contributed by atoms with van der Waals surface area (Å²) in [6.07, 6.45) is 5.50. The van der Waals surface area contributed by atoms with Crippen molar-refractivity contribution in [1.82, 2.24) is 10.2 Å². The van der Waals surface area contributed by atoms with Gasteiger partial charge in [0.15, 0.2) is 0 Å². The largest absolute Gasteiger partial charge is 0.384 e. The number of nitrogens with one attached hydrogen (secondary N) is 1. The van der Waals surface area contributed by atoms with Crippen molar-refractivity contribution in [3.8, 4) is 0 Å². The van der Waals surface area contributed by atoms with Gasteiger partial charge in [0, 0.05) is 26.2 Å². The van der Waals surface area contributed by atoms with Gasteiger partial charge in [0.05, 0.1) is 13.0 Å². The fraction of sp³-hybridized carbons (Fsp3) is 0.923. The Morgan fingerprint density at radius 2 is 2.12 bits per heavy atom. The molecule has 2 aliphatic rings. The van der Waals surface area contributed by atoms with Crippen LogP contribution in [-0.4, -0.2) is 50.2 Å². The van der Waals surface area contributed by atoms with E-state index in [1.165, 1.54) is 19.4 Å². The molecular weight excluding hydrogens is 216 g/mol. The molecule has 4 heteroatoms. The number of nitrogens with zero attached hydrogens (tertiary/aromatic N) is 1. The van der Waals surface area contributed by atoms with E-state index >= 15 is 0 Å². The van der Waals surface area contributed by atoms with Gasteiger partial charge in [0.25, 0.3) is 0 Å². The van der Waals surface area contributed by atoms with Crippen LogP contribution in [-0.2, 0) is 9.53 Å². The molecule has 1 N–H and O–H groups in total. The number of hydrogen-bond acceptors (Lipinski definition) is 3. The second kappa shape index (κ2) is 6.36. The third-order valence-corrected chi connectivity index (χ3v) is 4.08. The van der Waals surface area contributed by atoms with Gasteiger partial charge in [-0.3, -0.25) is 4.79 Å². The molecule has 0 aromatic rings. The third kappa shape index (κ3) is 3.42. The normalized spacial score (nSPS) is 26.4. The first kappa shape index (κ1) is 12.8. The zero-order valence-corrected chi connectivity index (χ0v) is 10.8. The first-order valence-corrected chi connectivity index (χ1v) is 6.81. The molecule has 2 rings (SSSR count). The summed E-state index contributed by atoms with van der Waals surface area (Å²) in [5.41, 5.74) is 0. The van der Waals surface area contributed by atoms with Crippen LogP contribution in [0.3, 0.4) is 0 Å². The summed E-state index contributed by atoms with van der Waals surface area (Å²) in [7, 11) is 1.64. The molecule has 0 radical (unpaired) electrons. The van der Waals surface area contributed by atoms with Gasteiger partial charge in [-0.2, -0.15) is 0 Å². The minimum atomic E-state index is 0.254. The standard InChI is InChI=1S/C13H24N2O2/c1-17-10-6-13(16)15-8-4-11(5-9-15)12-3-2-7-14-12/h11-12,14H,2-10H2,1H3. The molecule has 0 bridgehead atoms. The number of carbonyl (C=O) groups is 1. The average Bonchev–Trinajstić information content (AvgIpc) is 2.90. The molecule has 2 saturated heterocycles. The maximum absolute atomic E-state index is 11.8. The predicted molar refractivity (Wildman–Crippen MR) is 66.8 cm³/mol. The average molecular weight is 240 g/mol. The highest BCUT2D eigenvalue weighted by atomic mass is 16.5. The molecule has 98 valence electrons. The first-order chi connectivity index (χ1) is 8.31. The molecule has 2 fully saturated rings. The Hall–Kier alpha value is -0.610. The Balaban J connectivity index is 1.71. The second-order valence-corrected chi connectivity index (χ2v) is 5.16. The highest BCUT2D eigenvalue weighted by molar-refractivity contribution is 5.76. The van der Waals surface area contributed by atoms with Gasteiger partial charge in [-0.05, 0) is 38.1 Å². The predicted octanol–water partition coefficient (Wildman–Crippen LogP) is 1.01. The van der Waals surface area contributed by atoms with Gasteiger partial charge in [0.2, 0.25) is 5.91 Å². The number of methoxy groups -OCH3 is 1. The molecule has 0 aromatic heterocycles. The van der Waals surface area contributed by atoms with E-state index in [0.29, 0.717) is 19.1 Å². The monoisotopic (exact) mass is 240 g/mol. The lowest BCUT2D eigenvalue weighted by Gasteiger charge is -2.35. The van der Waals surface area contributed by atoms with Crippen molar-refractivity contribution < 1.29 is 9.53 Å². The number of rotatable bonds is 4. The Labute approximate surface area is 104 Å². The smallest absolute Gasteiger partial charge is 0.224 e. The summed E-state index contributed by atoms with van der Waals surface area (Å²) >= 11 is 0. The summed E-state index contributed by atoms with van der Waals surface area (Å²) < 4.78 is 4.95. The Morgan fingerprint density at radius 3 is 2.71 bits per heavy atom. The highest BCUT2D eigenvalue weighted by Crippen LogP contribution is 2.25. The van der Waals surface area contributed by atoms with E-state index in [0.717, 1.165) is 31.8 Å². The molecule has 4 nitrogen and oxygen atoms in total. The number of likely N-dealkylation sites (tertiary alicyclic amines) is 1. The maximum Gasteiger partial charge on any atom is 0.224 e. The van der Waals surface area contributed by atoms with Crippen LogP contribution in [0.1, 0.15) is 32.1 Å². The molecule has 17 heavy (non-hydrogen) atoms. The lowest BCUT2D eigenvalue weighted by molar-refractivity contribution is -0.133. The van der Waals surface area contributed by atoms with Crippen LogP contribution in [0.5, 0.6) is 0 Å². The lowest BCUT2D eigenvalue weighted by atomic mass is 9.88. The van der Waals surface area contributed by atoms with Gasteiger partial charge in [-0.15, -0.1) is 0 Å². The van der Waals surface area contributed by atoms with Crippen LogP contribution in [0, 0.1) is 5.92 Å². The summed E-state index contributed by atoms with van der Waals surface area (Å²) in [5, 5.41) is 3.58. The topological polar surface area (TPSA) is 41.6 Å². The van der Waals surface area contributed by atoms with Gasteiger partial charge >= 0.3 is 0 Å². The molecule has 0 aliphatic carbocycles. The maximum atomic E-state index is 11.8. The SMILES string of the molecule is COCCC(=O)N1CCC(C2CCCN2)CC1. The van der Waals surface area contributed by atoms with Crippen LogP contribution >= 0.6 is 0 Å². The molecule has 0 aromatic carbocycles. The zero-order valence-electron chi connectivity index (χ0n) is 10.8. The van der Waals surface area contributed by atoms with Crippen molar-refractivity contribution in [2.24, 2.45) is 5.92 Å².